The Morgan fingerprint density at radius 1 is 0.912 bits per heavy atom. The molecule has 0 spiro atoms. The van der Waals surface area contributed by atoms with Crippen molar-refractivity contribution in [3.05, 3.63) is 70.2 Å². The number of amides is 5. The molecule has 1 atom stereocenters. The second kappa shape index (κ2) is 12.3. The first-order valence-corrected chi connectivity index (χ1v) is 11.8. The van der Waals surface area contributed by atoms with E-state index in [9.17, 15) is 19.2 Å². The van der Waals surface area contributed by atoms with Gasteiger partial charge in [-0.3, -0.25) is 24.5 Å². The van der Waals surface area contributed by atoms with Crippen molar-refractivity contribution in [3.63, 3.8) is 0 Å². The van der Waals surface area contributed by atoms with Crippen LogP contribution >= 0.6 is 15.9 Å². The number of benzene rings is 2. The van der Waals surface area contributed by atoms with E-state index in [1.54, 1.807) is 0 Å². The molecule has 0 bridgehead atoms. The molecule has 1 heterocycles. The Labute approximate surface area is 206 Å². The van der Waals surface area contributed by atoms with Gasteiger partial charge < -0.3 is 10.2 Å². The van der Waals surface area contributed by atoms with E-state index >= 15 is 0 Å². The van der Waals surface area contributed by atoms with Gasteiger partial charge in [0, 0.05) is 30.4 Å². The average molecular weight is 531 g/mol. The summed E-state index contributed by atoms with van der Waals surface area (Å²) in [7, 11) is 0. The molecule has 2 aromatic rings. The summed E-state index contributed by atoms with van der Waals surface area (Å²) in [6.07, 6.45) is 0.711. The van der Waals surface area contributed by atoms with Gasteiger partial charge in [0.15, 0.2) is 0 Å². The van der Waals surface area contributed by atoms with Gasteiger partial charge in [0.25, 0.3) is 5.91 Å². The Hall–Kier alpha value is -3.24. The number of rotatable bonds is 11. The zero-order valence-corrected chi connectivity index (χ0v) is 20.2. The maximum absolute atomic E-state index is 13.2. The highest BCUT2D eigenvalue weighted by molar-refractivity contribution is 9.10. The topological polar surface area (TPSA) is 119 Å². The predicted octanol–water partition coefficient (Wildman–Crippen LogP) is 2.96. The fourth-order valence-electron chi connectivity index (χ4n) is 3.74. The molecule has 1 saturated heterocycles. The Morgan fingerprint density at radius 2 is 1.59 bits per heavy atom. The van der Waals surface area contributed by atoms with Crippen LogP contribution < -0.4 is 10.8 Å². The molecule has 5 amide bonds. The SMILES string of the molecule is O=C(CCCNC(=O)CCC1C(=O)N(Cc2ccccc2)C(=O)N1Cc1ccc(Br)cc1)NO. The van der Waals surface area contributed by atoms with E-state index in [0.29, 0.717) is 6.42 Å². The van der Waals surface area contributed by atoms with Crippen LogP contribution in [0.1, 0.15) is 36.8 Å². The molecule has 0 aliphatic carbocycles. The molecule has 34 heavy (non-hydrogen) atoms. The number of hydrogen-bond donors (Lipinski definition) is 3. The Balaban J connectivity index is 1.66. The van der Waals surface area contributed by atoms with Crippen molar-refractivity contribution < 1.29 is 24.4 Å². The molecular weight excluding hydrogens is 504 g/mol. The number of carbonyl (C=O) groups is 4. The lowest BCUT2D eigenvalue weighted by Crippen LogP contribution is -2.36. The number of imide groups is 1. The Morgan fingerprint density at radius 3 is 2.26 bits per heavy atom. The van der Waals surface area contributed by atoms with Crippen LogP contribution in [0.2, 0.25) is 0 Å². The molecule has 0 saturated carbocycles. The van der Waals surface area contributed by atoms with Gasteiger partial charge in [0.05, 0.1) is 6.54 Å². The van der Waals surface area contributed by atoms with Crippen LogP contribution in [0.15, 0.2) is 59.1 Å². The molecule has 1 aliphatic rings. The second-order valence-electron chi connectivity index (χ2n) is 7.99. The van der Waals surface area contributed by atoms with Crippen molar-refractivity contribution in [2.75, 3.05) is 6.54 Å². The third-order valence-electron chi connectivity index (χ3n) is 5.53. The van der Waals surface area contributed by atoms with Crippen molar-refractivity contribution in [3.8, 4) is 0 Å². The molecule has 2 aromatic carbocycles. The van der Waals surface area contributed by atoms with E-state index in [0.717, 1.165) is 15.6 Å². The van der Waals surface area contributed by atoms with Crippen molar-refractivity contribution in [1.82, 2.24) is 20.6 Å². The van der Waals surface area contributed by atoms with Crippen molar-refractivity contribution >= 4 is 39.7 Å². The molecule has 1 fully saturated rings. The van der Waals surface area contributed by atoms with Gasteiger partial charge in [0.2, 0.25) is 11.8 Å². The number of hydrogen-bond acceptors (Lipinski definition) is 5. The van der Waals surface area contributed by atoms with Crippen LogP contribution in [0.25, 0.3) is 0 Å². The summed E-state index contributed by atoms with van der Waals surface area (Å²) < 4.78 is 0.912. The van der Waals surface area contributed by atoms with Crippen molar-refractivity contribution in [1.29, 1.82) is 0 Å². The summed E-state index contributed by atoms with van der Waals surface area (Å²) in [6, 6.07) is 15.7. The first-order chi connectivity index (χ1) is 16.4. The van der Waals surface area contributed by atoms with E-state index in [1.807, 2.05) is 54.6 Å². The van der Waals surface area contributed by atoms with Gasteiger partial charge in [-0.2, -0.15) is 0 Å². The normalized spacial score (nSPS) is 15.5. The summed E-state index contributed by atoms with van der Waals surface area (Å²) in [5, 5.41) is 11.2. The lowest BCUT2D eigenvalue weighted by Gasteiger charge is -2.22. The second-order valence-corrected chi connectivity index (χ2v) is 8.91. The molecule has 9 nitrogen and oxygen atoms in total. The summed E-state index contributed by atoms with van der Waals surface area (Å²) in [6.45, 7) is 0.698. The standard InChI is InChI=1S/C24H27BrN4O5/c25-19-10-8-18(9-11-19)15-28-20(12-13-21(30)26-14-4-7-22(31)27-34)23(32)29(24(28)33)16-17-5-2-1-3-6-17/h1-3,5-6,8-11,20,34H,4,7,12-16H2,(H,26,30)(H,27,31). The largest absolute Gasteiger partial charge is 0.356 e. The molecule has 3 rings (SSSR count). The molecule has 1 unspecified atom stereocenters. The lowest BCUT2D eigenvalue weighted by molar-refractivity contribution is -0.130. The van der Waals surface area contributed by atoms with E-state index in [2.05, 4.69) is 21.2 Å². The maximum atomic E-state index is 13.2. The molecule has 0 radical (unpaired) electrons. The minimum atomic E-state index is -0.745. The van der Waals surface area contributed by atoms with Crippen LogP contribution in [0, 0.1) is 0 Å². The number of nitrogens with zero attached hydrogens (tertiary/aromatic N) is 2. The number of urea groups is 1. The molecular formula is C24H27BrN4O5. The molecule has 1 aliphatic heterocycles. The van der Waals surface area contributed by atoms with Crippen LogP contribution in [0.3, 0.4) is 0 Å². The average Bonchev–Trinajstić information content (AvgIpc) is 3.06. The first-order valence-electron chi connectivity index (χ1n) is 11.0. The highest BCUT2D eigenvalue weighted by Crippen LogP contribution is 2.26. The lowest BCUT2D eigenvalue weighted by atomic mass is 10.1. The van der Waals surface area contributed by atoms with Crippen molar-refractivity contribution in [2.24, 2.45) is 0 Å². The minimum absolute atomic E-state index is 0.0614. The first kappa shape index (κ1) is 25.4. The summed E-state index contributed by atoms with van der Waals surface area (Å²) >= 11 is 3.39. The fraction of sp³-hybridized carbons (Fsp3) is 0.333. The van der Waals surface area contributed by atoms with Crippen molar-refractivity contribution in [2.45, 2.75) is 44.8 Å². The van der Waals surface area contributed by atoms with Gasteiger partial charge in [-0.1, -0.05) is 58.4 Å². The fourth-order valence-corrected chi connectivity index (χ4v) is 4.00. The third kappa shape index (κ3) is 6.88. The van der Waals surface area contributed by atoms with Gasteiger partial charge >= 0.3 is 6.03 Å². The highest BCUT2D eigenvalue weighted by atomic mass is 79.9. The van der Waals surface area contributed by atoms with Crippen LogP contribution in [0.5, 0.6) is 0 Å². The molecule has 180 valence electrons. The van der Waals surface area contributed by atoms with E-state index in [-0.39, 0.29) is 56.7 Å². The monoisotopic (exact) mass is 530 g/mol. The van der Waals surface area contributed by atoms with E-state index in [4.69, 9.17) is 5.21 Å². The van der Waals surface area contributed by atoms with Crippen LogP contribution in [-0.4, -0.2) is 51.3 Å². The maximum Gasteiger partial charge on any atom is 0.328 e. The quantitative estimate of drug-likeness (QED) is 0.178. The van der Waals surface area contributed by atoms with Gasteiger partial charge in [-0.25, -0.2) is 10.3 Å². The molecule has 0 aromatic heterocycles. The highest BCUT2D eigenvalue weighted by Gasteiger charge is 2.44. The zero-order valence-electron chi connectivity index (χ0n) is 18.6. The minimum Gasteiger partial charge on any atom is -0.356 e. The summed E-state index contributed by atoms with van der Waals surface area (Å²) in [5.74, 6) is -1.11. The van der Waals surface area contributed by atoms with Crippen LogP contribution in [0.4, 0.5) is 4.79 Å². The zero-order chi connectivity index (χ0) is 24.5. The van der Waals surface area contributed by atoms with Crippen LogP contribution in [-0.2, 0) is 27.5 Å². The Bertz CT molecular complexity index is 1020. The number of halogens is 1. The number of carbonyl (C=O) groups excluding carboxylic acids is 4. The van der Waals surface area contributed by atoms with Gasteiger partial charge in [-0.05, 0) is 36.1 Å². The molecule has 3 N–H and O–H groups in total. The third-order valence-corrected chi connectivity index (χ3v) is 6.05. The van der Waals surface area contributed by atoms with Gasteiger partial charge in [-0.15, -0.1) is 0 Å². The van der Waals surface area contributed by atoms with Gasteiger partial charge in [0.1, 0.15) is 6.04 Å². The smallest absolute Gasteiger partial charge is 0.328 e. The Kier molecular flexibility index (Phi) is 9.17. The van der Waals surface area contributed by atoms with E-state index < -0.39 is 11.9 Å². The number of hydroxylamine groups is 1. The summed E-state index contributed by atoms with van der Waals surface area (Å²) in [4.78, 5) is 52.5. The molecule has 10 heteroatoms. The predicted molar refractivity (Wildman–Crippen MR) is 127 cm³/mol. The van der Waals surface area contributed by atoms with E-state index in [1.165, 1.54) is 15.3 Å². The summed E-state index contributed by atoms with van der Waals surface area (Å²) in [5.41, 5.74) is 3.26. The number of nitrogens with one attached hydrogen (secondary N) is 2.